The molecule has 1 amide bonds. The summed E-state index contributed by atoms with van der Waals surface area (Å²) in [6, 6.07) is 29.1. The van der Waals surface area contributed by atoms with Crippen LogP contribution in [0.5, 0.6) is 5.75 Å². The summed E-state index contributed by atoms with van der Waals surface area (Å²) in [5.41, 5.74) is 3.19. The monoisotopic (exact) mass is 586 g/mol. The number of ether oxygens (including phenoxy) is 2. The lowest BCUT2D eigenvalue weighted by atomic mass is 10.2. The van der Waals surface area contributed by atoms with Crippen molar-refractivity contribution >= 4 is 33.3 Å². The summed E-state index contributed by atoms with van der Waals surface area (Å²) in [5.74, 6) is -0.376. The Balaban J connectivity index is 1.40. The Kier molecular flexibility index (Phi) is 10.3. The SMILES string of the molecule is CCCCOC(=O)c1ccc(NC(=O)COc2ccc(N(Cc3ccccc3)S(=O)(=O)c3ccc(C)cc3)cc2)cc1. The molecule has 0 aliphatic carbocycles. The lowest BCUT2D eigenvalue weighted by molar-refractivity contribution is -0.118. The second-order valence-corrected chi connectivity index (χ2v) is 11.6. The quantitative estimate of drug-likeness (QED) is 0.144. The smallest absolute Gasteiger partial charge is 0.338 e. The van der Waals surface area contributed by atoms with E-state index < -0.39 is 16.0 Å². The highest BCUT2D eigenvalue weighted by molar-refractivity contribution is 7.92. The molecule has 4 aromatic carbocycles. The van der Waals surface area contributed by atoms with Crippen molar-refractivity contribution in [2.24, 2.45) is 0 Å². The van der Waals surface area contributed by atoms with Gasteiger partial charge in [-0.05, 0) is 79.6 Å². The predicted octanol–water partition coefficient (Wildman–Crippen LogP) is 6.36. The number of rotatable bonds is 13. The van der Waals surface area contributed by atoms with Gasteiger partial charge in [-0.25, -0.2) is 13.2 Å². The number of carbonyl (C=O) groups excluding carboxylic acids is 2. The van der Waals surface area contributed by atoms with Crippen molar-refractivity contribution in [2.75, 3.05) is 22.8 Å². The molecule has 0 aromatic heterocycles. The fourth-order valence-corrected chi connectivity index (χ4v) is 5.49. The molecule has 0 aliphatic heterocycles. The van der Waals surface area contributed by atoms with Gasteiger partial charge in [0.1, 0.15) is 5.75 Å². The van der Waals surface area contributed by atoms with Crippen LogP contribution in [-0.4, -0.2) is 33.5 Å². The molecule has 4 rings (SSSR count). The molecule has 0 heterocycles. The topological polar surface area (TPSA) is 102 Å². The highest BCUT2D eigenvalue weighted by atomic mass is 32.2. The van der Waals surface area contributed by atoms with Crippen molar-refractivity contribution < 1.29 is 27.5 Å². The highest BCUT2D eigenvalue weighted by Gasteiger charge is 2.25. The van der Waals surface area contributed by atoms with E-state index in [1.54, 1.807) is 72.8 Å². The minimum absolute atomic E-state index is 0.148. The maximum Gasteiger partial charge on any atom is 0.338 e. The van der Waals surface area contributed by atoms with Crippen LogP contribution in [0.15, 0.2) is 108 Å². The van der Waals surface area contributed by atoms with Crippen LogP contribution in [0.4, 0.5) is 11.4 Å². The van der Waals surface area contributed by atoms with E-state index in [1.165, 1.54) is 4.31 Å². The van der Waals surface area contributed by atoms with Crippen molar-refractivity contribution in [2.45, 2.75) is 38.1 Å². The molecule has 0 saturated carbocycles. The molecule has 0 atom stereocenters. The Labute approximate surface area is 247 Å². The first-order chi connectivity index (χ1) is 20.3. The molecular formula is C33H34N2O6S. The van der Waals surface area contributed by atoms with Crippen molar-refractivity contribution in [3.8, 4) is 5.75 Å². The van der Waals surface area contributed by atoms with E-state index in [4.69, 9.17) is 9.47 Å². The molecule has 4 aromatic rings. The van der Waals surface area contributed by atoms with Crippen molar-refractivity contribution in [3.05, 3.63) is 120 Å². The average Bonchev–Trinajstić information content (AvgIpc) is 3.00. The zero-order chi connectivity index (χ0) is 30.0. The van der Waals surface area contributed by atoms with E-state index in [9.17, 15) is 18.0 Å². The molecule has 218 valence electrons. The second kappa shape index (κ2) is 14.3. The fourth-order valence-electron chi connectivity index (χ4n) is 4.04. The number of anilines is 2. The normalized spacial score (nSPS) is 11.0. The van der Waals surface area contributed by atoms with Gasteiger partial charge in [0, 0.05) is 5.69 Å². The number of benzene rings is 4. The van der Waals surface area contributed by atoms with Gasteiger partial charge in [0.2, 0.25) is 0 Å². The number of aryl methyl sites for hydroxylation is 1. The number of nitrogens with zero attached hydrogens (tertiary/aromatic N) is 1. The molecule has 0 spiro atoms. The van der Waals surface area contributed by atoms with Crippen molar-refractivity contribution in [1.29, 1.82) is 0 Å². The maximum absolute atomic E-state index is 13.7. The van der Waals surface area contributed by atoms with Gasteiger partial charge in [0.05, 0.1) is 29.3 Å². The van der Waals surface area contributed by atoms with Crippen molar-refractivity contribution in [1.82, 2.24) is 0 Å². The van der Waals surface area contributed by atoms with E-state index in [0.717, 1.165) is 24.0 Å². The van der Waals surface area contributed by atoms with E-state index in [2.05, 4.69) is 5.32 Å². The molecule has 0 fully saturated rings. The summed E-state index contributed by atoms with van der Waals surface area (Å²) in [4.78, 5) is 24.7. The minimum atomic E-state index is -3.86. The van der Waals surface area contributed by atoms with Crippen LogP contribution in [0.3, 0.4) is 0 Å². The van der Waals surface area contributed by atoms with Gasteiger partial charge in [-0.1, -0.05) is 61.4 Å². The molecule has 0 saturated heterocycles. The third-order valence-corrected chi connectivity index (χ3v) is 8.20. The van der Waals surface area contributed by atoms with Gasteiger partial charge in [0.25, 0.3) is 15.9 Å². The Morgan fingerprint density at radius 2 is 1.50 bits per heavy atom. The van der Waals surface area contributed by atoms with Crippen LogP contribution >= 0.6 is 0 Å². The number of esters is 1. The Morgan fingerprint density at radius 3 is 2.14 bits per heavy atom. The summed E-state index contributed by atoms with van der Waals surface area (Å²) in [6.45, 7) is 4.19. The number of amides is 1. The second-order valence-electron chi connectivity index (χ2n) is 9.71. The third-order valence-electron chi connectivity index (χ3n) is 6.41. The van der Waals surface area contributed by atoms with Crippen LogP contribution < -0.4 is 14.4 Å². The number of unbranched alkanes of at least 4 members (excludes halogenated alkanes) is 1. The minimum Gasteiger partial charge on any atom is -0.484 e. The predicted molar refractivity (Wildman–Crippen MR) is 163 cm³/mol. The van der Waals surface area contributed by atoms with Gasteiger partial charge in [-0.2, -0.15) is 0 Å². The van der Waals surface area contributed by atoms with Gasteiger partial charge in [0.15, 0.2) is 6.61 Å². The summed E-state index contributed by atoms with van der Waals surface area (Å²) >= 11 is 0. The lowest BCUT2D eigenvalue weighted by Gasteiger charge is -2.25. The van der Waals surface area contributed by atoms with Gasteiger partial charge in [-0.15, -0.1) is 0 Å². The van der Waals surface area contributed by atoms with Crippen LogP contribution in [0.1, 0.15) is 41.3 Å². The molecule has 9 heteroatoms. The summed E-state index contributed by atoms with van der Waals surface area (Å²) in [5, 5.41) is 2.73. The Morgan fingerprint density at radius 1 is 0.833 bits per heavy atom. The number of hydrogen-bond donors (Lipinski definition) is 1. The van der Waals surface area contributed by atoms with Gasteiger partial charge < -0.3 is 14.8 Å². The van der Waals surface area contributed by atoms with E-state index in [-0.39, 0.29) is 24.0 Å². The van der Waals surface area contributed by atoms with Crippen LogP contribution in [0.2, 0.25) is 0 Å². The lowest BCUT2D eigenvalue weighted by Crippen LogP contribution is -2.30. The van der Waals surface area contributed by atoms with Crippen LogP contribution in [0, 0.1) is 6.92 Å². The molecule has 1 N–H and O–H groups in total. The molecule has 0 unspecified atom stereocenters. The number of nitrogens with one attached hydrogen (secondary N) is 1. The summed E-state index contributed by atoms with van der Waals surface area (Å²) in [6.07, 6.45) is 1.74. The number of sulfonamides is 1. The third kappa shape index (κ3) is 8.20. The van der Waals surface area contributed by atoms with E-state index >= 15 is 0 Å². The first kappa shape index (κ1) is 30.3. The number of carbonyl (C=O) groups is 2. The first-order valence-corrected chi connectivity index (χ1v) is 15.1. The summed E-state index contributed by atoms with van der Waals surface area (Å²) < 4.78 is 39.5. The van der Waals surface area contributed by atoms with Crippen LogP contribution in [-0.2, 0) is 26.1 Å². The Hall–Kier alpha value is -4.63. The molecule has 0 aliphatic rings. The molecule has 0 bridgehead atoms. The zero-order valence-electron chi connectivity index (χ0n) is 23.7. The van der Waals surface area contributed by atoms with E-state index in [1.807, 2.05) is 44.2 Å². The van der Waals surface area contributed by atoms with Gasteiger partial charge in [-0.3, -0.25) is 9.10 Å². The van der Waals surface area contributed by atoms with E-state index in [0.29, 0.717) is 29.3 Å². The standard InChI is InChI=1S/C33H34N2O6S/c1-3-4-22-40-33(37)27-12-14-28(15-13-27)34-32(36)24-41-30-18-16-29(17-19-30)35(23-26-8-6-5-7-9-26)42(38,39)31-20-10-25(2)11-21-31/h5-21H,3-4,22-24H2,1-2H3,(H,34,36). The molecular weight excluding hydrogens is 552 g/mol. The van der Waals surface area contributed by atoms with Crippen LogP contribution in [0.25, 0.3) is 0 Å². The maximum atomic E-state index is 13.7. The highest BCUT2D eigenvalue weighted by Crippen LogP contribution is 2.28. The number of hydrogen-bond acceptors (Lipinski definition) is 6. The summed E-state index contributed by atoms with van der Waals surface area (Å²) in [7, 11) is -3.86. The Bertz CT molecular complexity index is 1570. The largest absolute Gasteiger partial charge is 0.484 e. The average molecular weight is 587 g/mol. The fraction of sp³-hybridized carbons (Fsp3) is 0.212. The molecule has 0 radical (unpaired) electrons. The first-order valence-electron chi connectivity index (χ1n) is 13.7. The molecule has 8 nitrogen and oxygen atoms in total. The van der Waals surface area contributed by atoms with Crippen molar-refractivity contribution in [3.63, 3.8) is 0 Å². The zero-order valence-corrected chi connectivity index (χ0v) is 24.5. The molecule has 42 heavy (non-hydrogen) atoms. The van der Waals surface area contributed by atoms with Gasteiger partial charge >= 0.3 is 5.97 Å².